The Kier molecular flexibility index (Phi) is 6.12. The fraction of sp³-hybridized carbons (Fsp3) is 0.385. The molecule has 0 saturated heterocycles. The van der Waals surface area contributed by atoms with Gasteiger partial charge in [0.25, 0.3) is 11.6 Å². The average molecular weight is 295 g/mol. The van der Waals surface area contributed by atoms with Crippen LogP contribution in [0.4, 0.5) is 5.69 Å². The molecule has 2 N–H and O–H groups in total. The molecule has 0 aliphatic carbocycles. The molecule has 1 atom stereocenters. The number of nitro benzene ring substituents is 1. The molecule has 1 aromatic rings. The summed E-state index contributed by atoms with van der Waals surface area (Å²) in [6.07, 6.45) is -0.580. The number of nitrogens with zero attached hydrogens (tertiary/aromatic N) is 1. The number of nitro groups is 1. The van der Waals surface area contributed by atoms with E-state index in [4.69, 9.17) is 4.74 Å². The molecule has 2 amide bonds. The van der Waals surface area contributed by atoms with E-state index in [9.17, 15) is 19.7 Å². The first-order valence-corrected chi connectivity index (χ1v) is 6.33. The van der Waals surface area contributed by atoms with Gasteiger partial charge in [0.05, 0.1) is 4.92 Å². The van der Waals surface area contributed by atoms with Gasteiger partial charge in [-0.3, -0.25) is 19.7 Å². The lowest BCUT2D eigenvalue weighted by atomic mass is 10.3. The zero-order chi connectivity index (χ0) is 15.8. The van der Waals surface area contributed by atoms with Crippen LogP contribution in [0.5, 0.6) is 5.75 Å². The largest absolute Gasteiger partial charge is 0.481 e. The van der Waals surface area contributed by atoms with E-state index < -0.39 is 11.0 Å². The molecule has 0 aliphatic rings. The lowest BCUT2D eigenvalue weighted by Crippen LogP contribution is -2.38. The van der Waals surface area contributed by atoms with E-state index in [0.29, 0.717) is 5.75 Å². The summed E-state index contributed by atoms with van der Waals surface area (Å²) in [5.74, 6) is -0.175. The molecule has 1 aromatic carbocycles. The monoisotopic (exact) mass is 295 g/mol. The Bertz CT molecular complexity index is 515. The predicted octanol–water partition coefficient (Wildman–Crippen LogP) is 0.614. The molecule has 0 bridgehead atoms. The Morgan fingerprint density at radius 2 is 1.95 bits per heavy atom. The van der Waals surface area contributed by atoms with Crippen LogP contribution >= 0.6 is 0 Å². The highest BCUT2D eigenvalue weighted by Gasteiger charge is 2.15. The first-order valence-electron chi connectivity index (χ1n) is 6.33. The third-order valence-electron chi connectivity index (χ3n) is 2.66. The van der Waals surface area contributed by atoms with Gasteiger partial charge in [-0.2, -0.15) is 0 Å². The number of ether oxygens (including phenoxy) is 1. The number of non-ortho nitro benzene ring substituents is 1. The summed E-state index contributed by atoms with van der Waals surface area (Å²) in [4.78, 5) is 32.7. The van der Waals surface area contributed by atoms with Gasteiger partial charge in [0, 0.05) is 32.1 Å². The van der Waals surface area contributed by atoms with Crippen LogP contribution in [0.1, 0.15) is 13.3 Å². The molecule has 0 aliphatic heterocycles. The normalized spacial score (nSPS) is 11.3. The quantitative estimate of drug-likeness (QED) is 0.565. The fourth-order valence-corrected chi connectivity index (χ4v) is 1.47. The van der Waals surface area contributed by atoms with E-state index in [0.717, 1.165) is 0 Å². The highest BCUT2D eigenvalue weighted by Crippen LogP contribution is 2.18. The first-order chi connectivity index (χ1) is 9.93. The standard InChI is InChI=1S/C13H17N3O5/c1-9(13(18)15-8-7-12(17)14-2)21-11-5-3-10(4-6-11)16(19)20/h3-6,9H,7-8H2,1-2H3,(H,14,17)(H,15,18). The van der Waals surface area contributed by atoms with Crippen LogP contribution in [0.2, 0.25) is 0 Å². The summed E-state index contributed by atoms with van der Waals surface area (Å²) in [6.45, 7) is 1.77. The van der Waals surface area contributed by atoms with Crippen LogP contribution in [0.3, 0.4) is 0 Å². The zero-order valence-electron chi connectivity index (χ0n) is 11.8. The van der Waals surface area contributed by atoms with E-state index in [1.54, 1.807) is 6.92 Å². The van der Waals surface area contributed by atoms with Crippen LogP contribution < -0.4 is 15.4 Å². The van der Waals surface area contributed by atoms with Crippen molar-refractivity contribution in [1.82, 2.24) is 10.6 Å². The van der Waals surface area contributed by atoms with Crippen molar-refractivity contribution in [3.63, 3.8) is 0 Å². The Hall–Kier alpha value is -2.64. The maximum Gasteiger partial charge on any atom is 0.269 e. The second-order valence-corrected chi connectivity index (χ2v) is 4.23. The van der Waals surface area contributed by atoms with Gasteiger partial charge in [-0.1, -0.05) is 0 Å². The van der Waals surface area contributed by atoms with Crippen molar-refractivity contribution in [2.45, 2.75) is 19.4 Å². The Labute approximate surface area is 121 Å². The third kappa shape index (κ3) is 5.47. The summed E-state index contributed by atoms with van der Waals surface area (Å²) in [5.41, 5.74) is -0.0509. The highest BCUT2D eigenvalue weighted by atomic mass is 16.6. The summed E-state index contributed by atoms with van der Waals surface area (Å²) in [5, 5.41) is 15.5. The van der Waals surface area contributed by atoms with E-state index >= 15 is 0 Å². The maximum atomic E-state index is 11.7. The first kappa shape index (κ1) is 16.4. The molecule has 0 heterocycles. The maximum absolute atomic E-state index is 11.7. The number of hydrogen-bond acceptors (Lipinski definition) is 5. The van der Waals surface area contributed by atoms with Crippen LogP contribution in [0.15, 0.2) is 24.3 Å². The summed E-state index contributed by atoms with van der Waals surface area (Å²) >= 11 is 0. The van der Waals surface area contributed by atoms with Crippen molar-refractivity contribution < 1.29 is 19.2 Å². The molecule has 8 heteroatoms. The van der Waals surface area contributed by atoms with Crippen molar-refractivity contribution in [2.75, 3.05) is 13.6 Å². The van der Waals surface area contributed by atoms with Crippen LogP contribution in [-0.4, -0.2) is 36.4 Å². The second kappa shape index (κ2) is 7.83. The number of hydrogen-bond donors (Lipinski definition) is 2. The topological polar surface area (TPSA) is 111 Å². The molecule has 8 nitrogen and oxygen atoms in total. The Morgan fingerprint density at radius 3 is 2.48 bits per heavy atom. The molecular weight excluding hydrogens is 278 g/mol. The molecule has 0 fully saturated rings. The van der Waals surface area contributed by atoms with Gasteiger partial charge >= 0.3 is 0 Å². The minimum Gasteiger partial charge on any atom is -0.481 e. The minimum absolute atomic E-state index is 0.0509. The van der Waals surface area contributed by atoms with Crippen LogP contribution in [0, 0.1) is 10.1 Å². The lowest BCUT2D eigenvalue weighted by Gasteiger charge is -2.14. The number of rotatable bonds is 7. The molecule has 114 valence electrons. The number of carbonyl (C=O) groups excluding carboxylic acids is 2. The van der Waals surface area contributed by atoms with Crippen molar-refractivity contribution in [1.29, 1.82) is 0 Å². The summed E-state index contributed by atoms with van der Waals surface area (Å²) in [6, 6.07) is 5.44. The van der Waals surface area contributed by atoms with Crippen molar-refractivity contribution in [3.8, 4) is 5.75 Å². The van der Waals surface area contributed by atoms with Gasteiger partial charge < -0.3 is 15.4 Å². The van der Waals surface area contributed by atoms with Gasteiger partial charge in [0.15, 0.2) is 6.10 Å². The Balaban J connectivity index is 2.44. The molecule has 21 heavy (non-hydrogen) atoms. The van der Waals surface area contributed by atoms with E-state index in [-0.39, 0.29) is 30.5 Å². The molecule has 1 unspecified atom stereocenters. The number of benzene rings is 1. The molecule has 0 aromatic heterocycles. The average Bonchev–Trinajstić information content (AvgIpc) is 2.47. The minimum atomic E-state index is -0.767. The van der Waals surface area contributed by atoms with Gasteiger partial charge in [0.2, 0.25) is 5.91 Å². The number of carbonyl (C=O) groups is 2. The van der Waals surface area contributed by atoms with E-state index in [1.165, 1.54) is 31.3 Å². The molecule has 0 saturated carbocycles. The summed E-state index contributed by atoms with van der Waals surface area (Å²) < 4.78 is 5.36. The van der Waals surface area contributed by atoms with Gasteiger partial charge in [-0.25, -0.2) is 0 Å². The number of nitrogens with one attached hydrogen (secondary N) is 2. The molecular formula is C13H17N3O5. The van der Waals surface area contributed by atoms with Crippen molar-refractivity contribution in [2.24, 2.45) is 0 Å². The fourth-order valence-electron chi connectivity index (χ4n) is 1.47. The lowest BCUT2D eigenvalue weighted by molar-refractivity contribution is -0.384. The second-order valence-electron chi connectivity index (χ2n) is 4.23. The third-order valence-corrected chi connectivity index (χ3v) is 2.66. The highest BCUT2D eigenvalue weighted by molar-refractivity contribution is 5.81. The van der Waals surface area contributed by atoms with Gasteiger partial charge in [0.1, 0.15) is 5.75 Å². The number of amides is 2. The van der Waals surface area contributed by atoms with Crippen LogP contribution in [-0.2, 0) is 9.59 Å². The van der Waals surface area contributed by atoms with Gasteiger partial charge in [-0.15, -0.1) is 0 Å². The van der Waals surface area contributed by atoms with Crippen molar-refractivity contribution in [3.05, 3.63) is 34.4 Å². The van der Waals surface area contributed by atoms with Gasteiger partial charge in [-0.05, 0) is 19.1 Å². The zero-order valence-corrected chi connectivity index (χ0v) is 11.8. The summed E-state index contributed by atoms with van der Waals surface area (Å²) in [7, 11) is 1.52. The smallest absolute Gasteiger partial charge is 0.269 e. The van der Waals surface area contributed by atoms with E-state index in [1.807, 2.05) is 0 Å². The van der Waals surface area contributed by atoms with E-state index in [2.05, 4.69) is 10.6 Å². The predicted molar refractivity (Wildman–Crippen MR) is 74.9 cm³/mol. The van der Waals surface area contributed by atoms with Crippen molar-refractivity contribution >= 4 is 17.5 Å². The Morgan fingerprint density at radius 1 is 1.33 bits per heavy atom. The van der Waals surface area contributed by atoms with Crippen LogP contribution in [0.25, 0.3) is 0 Å². The molecule has 1 rings (SSSR count). The SMILES string of the molecule is CNC(=O)CCNC(=O)C(C)Oc1ccc([N+](=O)[O-])cc1. The molecule has 0 radical (unpaired) electrons. The molecule has 0 spiro atoms.